The molecule has 0 fully saturated rings. The Hall–Kier alpha value is -2.38. The molecule has 0 saturated carbocycles. The summed E-state index contributed by atoms with van der Waals surface area (Å²) in [7, 11) is 0. The van der Waals surface area contributed by atoms with Gasteiger partial charge in [-0.2, -0.15) is 0 Å². The Morgan fingerprint density at radius 2 is 1.82 bits per heavy atom. The second kappa shape index (κ2) is 9.71. The van der Waals surface area contributed by atoms with Gasteiger partial charge in [-0.15, -0.1) is 10.2 Å². The molecule has 9 heteroatoms. The quantitative estimate of drug-likeness (QED) is 0.685. The van der Waals surface area contributed by atoms with Gasteiger partial charge in [-0.05, 0) is 32.4 Å². The number of hydrogen-bond acceptors (Lipinski definition) is 6. The fraction of sp³-hybridized carbons (Fsp3) is 0.368. The molecule has 2 rings (SSSR count). The molecule has 28 heavy (non-hydrogen) atoms. The number of nitrogens with zero attached hydrogens (tertiary/aromatic N) is 2. The molecule has 0 aliphatic rings. The van der Waals surface area contributed by atoms with Gasteiger partial charge >= 0.3 is 12.1 Å². The van der Waals surface area contributed by atoms with E-state index in [1.165, 1.54) is 6.07 Å². The van der Waals surface area contributed by atoms with Crippen LogP contribution in [0.25, 0.3) is 0 Å². The molecule has 1 unspecified atom stereocenters. The van der Waals surface area contributed by atoms with Crippen LogP contribution in [-0.2, 0) is 20.9 Å². The Morgan fingerprint density at radius 3 is 2.46 bits per heavy atom. The highest BCUT2D eigenvalue weighted by Crippen LogP contribution is 2.26. The summed E-state index contributed by atoms with van der Waals surface area (Å²) in [6.45, 7) is 5.30. The van der Waals surface area contributed by atoms with Crippen LogP contribution in [0, 0.1) is 0 Å². The fourth-order valence-electron chi connectivity index (χ4n) is 2.26. The number of hydrogen-bond donors (Lipinski definition) is 1. The van der Waals surface area contributed by atoms with Gasteiger partial charge in [0.25, 0.3) is 0 Å². The average molecular weight is 426 g/mol. The van der Waals surface area contributed by atoms with Crippen molar-refractivity contribution < 1.29 is 19.1 Å². The monoisotopic (exact) mass is 425 g/mol. The number of rotatable bonds is 6. The van der Waals surface area contributed by atoms with Crippen LogP contribution in [0.2, 0.25) is 10.3 Å². The molecule has 7 nitrogen and oxygen atoms in total. The number of carbonyl (C=O) groups excluding carboxylic acids is 2. The molecule has 150 valence electrons. The van der Waals surface area contributed by atoms with Gasteiger partial charge in [0.2, 0.25) is 0 Å². The topological polar surface area (TPSA) is 90.4 Å². The molecular weight excluding hydrogens is 405 g/mol. The molecule has 0 spiro atoms. The third-order valence-electron chi connectivity index (χ3n) is 3.43. The Labute approximate surface area is 173 Å². The number of benzene rings is 1. The number of alkyl carbamates (subject to hydrolysis) is 1. The minimum Gasteiger partial charge on any atom is -0.461 e. The fourth-order valence-corrected chi connectivity index (χ4v) is 2.64. The maximum Gasteiger partial charge on any atom is 0.408 e. The van der Waals surface area contributed by atoms with Gasteiger partial charge in [0.15, 0.2) is 10.3 Å². The summed E-state index contributed by atoms with van der Waals surface area (Å²) < 4.78 is 10.5. The van der Waals surface area contributed by atoms with Crippen molar-refractivity contribution in [1.29, 1.82) is 0 Å². The maximum atomic E-state index is 12.3. The summed E-state index contributed by atoms with van der Waals surface area (Å²) in [6.07, 6.45) is -0.897. The van der Waals surface area contributed by atoms with E-state index in [2.05, 4.69) is 15.5 Å². The summed E-state index contributed by atoms with van der Waals surface area (Å²) >= 11 is 12.0. The first-order valence-corrected chi connectivity index (χ1v) is 9.27. The lowest BCUT2D eigenvalue weighted by Gasteiger charge is -2.23. The second-order valence-electron chi connectivity index (χ2n) is 6.96. The zero-order chi connectivity index (χ0) is 20.7. The highest BCUT2D eigenvalue weighted by atomic mass is 35.5. The number of amides is 1. The average Bonchev–Trinajstić information content (AvgIpc) is 2.61. The molecule has 0 bridgehead atoms. The van der Waals surface area contributed by atoms with Gasteiger partial charge in [-0.25, -0.2) is 4.79 Å². The van der Waals surface area contributed by atoms with E-state index in [0.29, 0.717) is 5.56 Å². The molecule has 0 aliphatic heterocycles. The van der Waals surface area contributed by atoms with E-state index in [1.807, 2.05) is 30.3 Å². The summed E-state index contributed by atoms with van der Waals surface area (Å²) in [5, 5.41) is 10.1. The number of halogens is 2. The highest BCUT2D eigenvalue weighted by Gasteiger charge is 2.26. The molecule has 0 saturated heterocycles. The van der Waals surface area contributed by atoms with Crippen molar-refractivity contribution in [1.82, 2.24) is 15.5 Å². The van der Waals surface area contributed by atoms with E-state index in [-0.39, 0.29) is 23.3 Å². The molecule has 1 heterocycles. The zero-order valence-electron chi connectivity index (χ0n) is 15.7. The van der Waals surface area contributed by atoms with Crippen molar-refractivity contribution in [2.24, 2.45) is 0 Å². The molecule has 1 aromatic heterocycles. The molecule has 0 aliphatic carbocycles. The van der Waals surface area contributed by atoms with Crippen LogP contribution < -0.4 is 5.32 Å². The first-order chi connectivity index (χ1) is 13.1. The van der Waals surface area contributed by atoms with Crippen LogP contribution in [0.4, 0.5) is 4.79 Å². The van der Waals surface area contributed by atoms with Crippen LogP contribution in [0.3, 0.4) is 0 Å². The Balaban J connectivity index is 2.12. The largest absolute Gasteiger partial charge is 0.461 e. The number of ether oxygens (including phenoxy) is 2. The van der Waals surface area contributed by atoms with Crippen molar-refractivity contribution in [3.63, 3.8) is 0 Å². The van der Waals surface area contributed by atoms with Gasteiger partial charge in [0.05, 0.1) is 12.5 Å². The number of aromatic nitrogens is 2. The SMILES string of the molecule is CC(C)(C)OC(=O)NC(CC(=O)OCc1ccccc1)c1cc(Cl)nnc1Cl. The van der Waals surface area contributed by atoms with Crippen molar-refractivity contribution >= 4 is 35.3 Å². The first kappa shape index (κ1) is 21.9. The zero-order valence-corrected chi connectivity index (χ0v) is 17.3. The normalized spacial score (nSPS) is 12.2. The molecule has 1 N–H and O–H groups in total. The number of nitrogens with one attached hydrogen (secondary N) is 1. The van der Waals surface area contributed by atoms with E-state index in [1.54, 1.807) is 20.8 Å². The number of carbonyl (C=O) groups is 2. The lowest BCUT2D eigenvalue weighted by atomic mass is 10.1. The van der Waals surface area contributed by atoms with Crippen molar-refractivity contribution in [3.05, 3.63) is 57.8 Å². The Morgan fingerprint density at radius 1 is 1.14 bits per heavy atom. The van der Waals surface area contributed by atoms with Crippen LogP contribution >= 0.6 is 23.2 Å². The lowest BCUT2D eigenvalue weighted by molar-refractivity contribution is -0.145. The Bertz CT molecular complexity index is 826. The van der Waals surface area contributed by atoms with Crippen LogP contribution in [-0.4, -0.2) is 27.9 Å². The number of esters is 1. The van der Waals surface area contributed by atoms with E-state index >= 15 is 0 Å². The molecule has 1 aromatic carbocycles. The summed E-state index contributed by atoms with van der Waals surface area (Å²) in [4.78, 5) is 24.5. The van der Waals surface area contributed by atoms with Gasteiger partial charge in [0.1, 0.15) is 12.2 Å². The van der Waals surface area contributed by atoms with E-state index in [0.717, 1.165) is 5.56 Å². The highest BCUT2D eigenvalue weighted by molar-refractivity contribution is 6.31. The predicted octanol–water partition coefficient (Wildman–Crippen LogP) is 4.48. The lowest BCUT2D eigenvalue weighted by Crippen LogP contribution is -2.36. The smallest absolute Gasteiger partial charge is 0.408 e. The molecule has 1 atom stereocenters. The minimum absolute atomic E-state index is 0.0151. The minimum atomic E-state index is -0.848. The van der Waals surface area contributed by atoms with E-state index < -0.39 is 23.7 Å². The molecule has 0 radical (unpaired) electrons. The van der Waals surface area contributed by atoms with E-state index in [9.17, 15) is 9.59 Å². The van der Waals surface area contributed by atoms with Gasteiger partial charge in [-0.1, -0.05) is 53.5 Å². The second-order valence-corrected chi connectivity index (χ2v) is 7.71. The molecular formula is C19H21Cl2N3O4. The van der Waals surface area contributed by atoms with Crippen molar-refractivity contribution in [2.45, 2.75) is 45.4 Å². The summed E-state index contributed by atoms with van der Waals surface area (Å²) in [5.41, 5.74) is 0.476. The van der Waals surface area contributed by atoms with Crippen molar-refractivity contribution in [2.75, 3.05) is 0 Å². The van der Waals surface area contributed by atoms with Crippen LogP contribution in [0.15, 0.2) is 36.4 Å². The third kappa shape index (κ3) is 7.32. The Kier molecular flexibility index (Phi) is 7.60. The summed E-state index contributed by atoms with van der Waals surface area (Å²) in [6, 6.07) is 9.83. The third-order valence-corrected chi connectivity index (χ3v) is 3.90. The first-order valence-electron chi connectivity index (χ1n) is 8.52. The van der Waals surface area contributed by atoms with E-state index in [4.69, 9.17) is 32.7 Å². The van der Waals surface area contributed by atoms with Gasteiger partial charge in [0, 0.05) is 5.56 Å². The summed E-state index contributed by atoms with van der Waals surface area (Å²) in [5.74, 6) is -0.533. The van der Waals surface area contributed by atoms with Crippen molar-refractivity contribution in [3.8, 4) is 0 Å². The van der Waals surface area contributed by atoms with Gasteiger partial charge < -0.3 is 14.8 Å². The predicted molar refractivity (Wildman–Crippen MR) is 105 cm³/mol. The molecule has 1 amide bonds. The van der Waals surface area contributed by atoms with Crippen LogP contribution in [0.1, 0.15) is 44.4 Å². The van der Waals surface area contributed by atoms with Crippen LogP contribution in [0.5, 0.6) is 0 Å². The standard InChI is InChI=1S/C19H21Cl2N3O4/c1-19(2,3)28-18(26)22-14(13-9-15(20)23-24-17(13)21)10-16(25)27-11-12-7-5-4-6-8-12/h4-9,14H,10-11H2,1-3H3,(H,22,26). The molecule has 2 aromatic rings. The van der Waals surface area contributed by atoms with Gasteiger partial charge in [-0.3, -0.25) is 4.79 Å². The maximum absolute atomic E-state index is 12.3.